The van der Waals surface area contributed by atoms with Gasteiger partial charge in [-0.1, -0.05) is 130 Å². The monoisotopic (exact) mass is 964 g/mol. The fourth-order valence-electron chi connectivity index (χ4n) is 6.86. The zero-order valence-corrected chi connectivity index (χ0v) is 38.2. The number of halogens is 2. The minimum atomic E-state index is -0.317. The molecule has 16 nitrogen and oxygen atoms in total. The van der Waals surface area contributed by atoms with Crippen molar-refractivity contribution in [3.05, 3.63) is 191 Å². The van der Waals surface area contributed by atoms with Crippen LogP contribution in [0.1, 0.15) is 22.9 Å². The van der Waals surface area contributed by atoms with Crippen molar-refractivity contribution in [3.8, 4) is 0 Å². The number of thioether (sulfide) groups is 2. The van der Waals surface area contributed by atoms with Gasteiger partial charge in [-0.3, -0.25) is 9.59 Å². The number of carbonyl (C=O) groups is 2. The van der Waals surface area contributed by atoms with E-state index in [0.29, 0.717) is 46.9 Å². The van der Waals surface area contributed by atoms with Crippen LogP contribution in [0.5, 0.6) is 0 Å². The molecule has 4 aromatic heterocycles. The lowest BCUT2D eigenvalue weighted by atomic mass is 10.2. The van der Waals surface area contributed by atoms with Crippen LogP contribution in [0.3, 0.4) is 0 Å². The Balaban J connectivity index is 0.000000170. The maximum Gasteiger partial charge on any atom is 0.277 e. The van der Waals surface area contributed by atoms with Crippen molar-refractivity contribution >= 4 is 80.4 Å². The molecule has 0 aliphatic carbocycles. The molecule has 0 unspecified atom stereocenters. The first-order valence-electron chi connectivity index (χ1n) is 21.0. The number of nitrogens with zero attached hydrogens (tertiary/aromatic N) is 12. The molecule has 0 bridgehead atoms. The Morgan fingerprint density at radius 1 is 0.515 bits per heavy atom. The van der Waals surface area contributed by atoms with E-state index in [1.165, 1.54) is 23.9 Å². The number of carbonyl (C=O) groups excluding carboxylic acids is 2. The number of anilines is 2. The van der Waals surface area contributed by atoms with Crippen molar-refractivity contribution < 1.29 is 22.8 Å². The van der Waals surface area contributed by atoms with E-state index in [2.05, 4.69) is 41.0 Å². The van der Waals surface area contributed by atoms with Gasteiger partial charge in [0.2, 0.25) is 23.6 Å². The number of hydrogen-bond donors (Lipinski definition) is 0. The summed E-state index contributed by atoms with van der Waals surface area (Å²) < 4.78 is 28.1. The summed E-state index contributed by atoms with van der Waals surface area (Å²) in [6.07, 6.45) is 0. The first-order chi connectivity index (χ1) is 33.3. The molecule has 20 heteroatoms. The molecule has 0 aliphatic rings. The molecule has 68 heavy (non-hydrogen) atoms. The minimum absolute atomic E-state index is 0.0758. The van der Waals surface area contributed by atoms with E-state index in [9.17, 15) is 14.0 Å². The Hall–Kier alpha value is -7.74. The van der Waals surface area contributed by atoms with Crippen LogP contribution in [0.15, 0.2) is 177 Å². The molecular weight excluding hydrogens is 927 g/mol. The standard InChI is InChI=1S/C24H19ClN6O2S.C24H19FN6O2S/c2*25-18-12-10-17(11-13-18)14-30(19-6-2-1-3-7-19)23(32)16-34-24-28-27-22(33-24)15-31-21-9-5-4-8-20(21)26-29-31/h2*1-13H,14-16H2. The molecule has 0 saturated carbocycles. The van der Waals surface area contributed by atoms with Crippen molar-refractivity contribution in [2.24, 2.45) is 0 Å². The van der Waals surface area contributed by atoms with E-state index in [0.717, 1.165) is 56.3 Å². The summed E-state index contributed by atoms with van der Waals surface area (Å²) in [4.78, 5) is 29.7. The predicted octanol–water partition coefficient (Wildman–Crippen LogP) is 9.17. The second-order valence-electron chi connectivity index (χ2n) is 14.9. The lowest BCUT2D eigenvalue weighted by molar-refractivity contribution is -0.117. The van der Waals surface area contributed by atoms with Crippen LogP contribution < -0.4 is 9.80 Å². The van der Waals surface area contributed by atoms with Crippen molar-refractivity contribution in [2.45, 2.75) is 36.6 Å². The van der Waals surface area contributed by atoms with E-state index >= 15 is 0 Å². The number of benzene rings is 6. The SMILES string of the molecule is O=C(CSc1nnc(Cn2nnc3ccccc32)o1)N(Cc1ccc(Cl)cc1)c1ccccc1.O=C(CSc1nnc(Cn2nnc3ccccc32)o1)N(Cc1ccc(F)cc1)c1ccccc1. The summed E-state index contributed by atoms with van der Waals surface area (Å²) in [7, 11) is 0. The van der Waals surface area contributed by atoms with Gasteiger partial charge < -0.3 is 18.6 Å². The fourth-order valence-corrected chi connectivity index (χ4v) is 8.29. The molecule has 6 aromatic carbocycles. The van der Waals surface area contributed by atoms with Crippen LogP contribution >= 0.6 is 35.1 Å². The smallest absolute Gasteiger partial charge is 0.277 e. The summed E-state index contributed by atoms with van der Waals surface area (Å²) in [5.74, 6) is 0.489. The zero-order chi connectivity index (χ0) is 46.7. The maximum absolute atomic E-state index is 13.3. The Morgan fingerprint density at radius 2 is 0.926 bits per heavy atom. The van der Waals surface area contributed by atoms with Crippen molar-refractivity contribution in [2.75, 3.05) is 21.3 Å². The second kappa shape index (κ2) is 21.7. The van der Waals surface area contributed by atoms with Crippen LogP contribution in [-0.4, -0.2) is 73.7 Å². The van der Waals surface area contributed by atoms with Crippen LogP contribution in [0.4, 0.5) is 15.8 Å². The number of fused-ring (bicyclic) bond motifs is 2. The number of para-hydroxylation sites is 4. The maximum atomic E-state index is 13.3. The predicted molar refractivity (Wildman–Crippen MR) is 256 cm³/mol. The largest absolute Gasteiger partial charge is 0.414 e. The number of aromatic nitrogens is 10. The van der Waals surface area contributed by atoms with Crippen LogP contribution in [0.2, 0.25) is 5.02 Å². The summed E-state index contributed by atoms with van der Waals surface area (Å²) in [6.45, 7) is 1.32. The van der Waals surface area contributed by atoms with Gasteiger partial charge in [-0.05, 0) is 83.9 Å². The van der Waals surface area contributed by atoms with Gasteiger partial charge in [-0.2, -0.15) is 0 Å². The topological polar surface area (TPSA) is 180 Å². The van der Waals surface area contributed by atoms with Crippen LogP contribution in [0.25, 0.3) is 22.1 Å². The van der Waals surface area contributed by atoms with Gasteiger partial charge in [0.25, 0.3) is 10.4 Å². The first-order valence-corrected chi connectivity index (χ1v) is 23.3. The average Bonchev–Trinajstić information content (AvgIpc) is 4.21. The summed E-state index contributed by atoms with van der Waals surface area (Å²) in [5.41, 5.74) is 6.69. The van der Waals surface area contributed by atoms with Crippen molar-refractivity contribution in [3.63, 3.8) is 0 Å². The van der Waals surface area contributed by atoms with Gasteiger partial charge in [0.15, 0.2) is 0 Å². The molecule has 4 heterocycles. The van der Waals surface area contributed by atoms with Gasteiger partial charge in [0.05, 0.1) is 35.6 Å². The number of rotatable bonds is 16. The molecule has 0 fully saturated rings. The molecule has 340 valence electrons. The van der Waals surface area contributed by atoms with Gasteiger partial charge in [-0.15, -0.1) is 30.6 Å². The zero-order valence-electron chi connectivity index (χ0n) is 35.8. The molecule has 10 aromatic rings. The number of amides is 2. The normalized spacial score (nSPS) is 11.1. The van der Waals surface area contributed by atoms with E-state index in [4.69, 9.17) is 20.4 Å². The molecular formula is C48H38ClFN12O4S2. The summed E-state index contributed by atoms with van der Waals surface area (Å²) >= 11 is 8.37. The number of hydrogen-bond acceptors (Lipinski definition) is 14. The quantitative estimate of drug-likeness (QED) is 0.0837. The van der Waals surface area contributed by atoms with Crippen LogP contribution in [-0.2, 0) is 35.8 Å². The van der Waals surface area contributed by atoms with Gasteiger partial charge >= 0.3 is 0 Å². The van der Waals surface area contributed by atoms with Crippen molar-refractivity contribution in [1.29, 1.82) is 0 Å². The second-order valence-corrected chi connectivity index (χ2v) is 17.1. The Labute approximate surface area is 401 Å². The van der Waals surface area contributed by atoms with E-state index in [-0.39, 0.29) is 35.7 Å². The Morgan fingerprint density at radius 3 is 1.38 bits per heavy atom. The summed E-state index contributed by atoms with van der Waals surface area (Å²) in [6, 6.07) is 47.7. The van der Waals surface area contributed by atoms with E-state index < -0.39 is 0 Å². The molecule has 0 N–H and O–H groups in total. The van der Waals surface area contributed by atoms with Crippen molar-refractivity contribution in [1.82, 2.24) is 50.4 Å². The molecule has 0 radical (unpaired) electrons. The van der Waals surface area contributed by atoms with Gasteiger partial charge in [0.1, 0.15) is 29.9 Å². The fraction of sp³-hybridized carbons (Fsp3) is 0.125. The average molecular weight is 965 g/mol. The molecule has 2 amide bonds. The third kappa shape index (κ3) is 11.6. The highest BCUT2D eigenvalue weighted by Crippen LogP contribution is 2.25. The van der Waals surface area contributed by atoms with E-state index in [1.54, 1.807) is 31.3 Å². The highest BCUT2D eigenvalue weighted by molar-refractivity contribution is 8.00. The summed E-state index contributed by atoms with van der Waals surface area (Å²) in [5, 5.41) is 34.1. The highest BCUT2D eigenvalue weighted by Gasteiger charge is 2.21. The lowest BCUT2D eigenvalue weighted by Gasteiger charge is -2.22. The Kier molecular flexibility index (Phi) is 14.5. The Bertz CT molecular complexity index is 3030. The molecule has 0 atom stereocenters. The molecule has 0 saturated heterocycles. The molecule has 10 rings (SSSR count). The van der Waals surface area contributed by atoms with Gasteiger partial charge in [0, 0.05) is 16.4 Å². The lowest BCUT2D eigenvalue weighted by Crippen LogP contribution is -2.31. The third-order valence-corrected chi connectivity index (χ3v) is 12.0. The minimum Gasteiger partial charge on any atom is -0.414 e. The molecule has 0 aliphatic heterocycles. The third-order valence-electron chi connectivity index (χ3n) is 10.2. The van der Waals surface area contributed by atoms with Crippen LogP contribution in [0, 0.1) is 5.82 Å². The van der Waals surface area contributed by atoms with Gasteiger partial charge in [-0.25, -0.2) is 13.8 Å². The van der Waals surface area contributed by atoms with E-state index in [1.807, 2.05) is 133 Å². The first kappa shape index (κ1) is 45.4. The molecule has 0 spiro atoms. The highest BCUT2D eigenvalue weighted by atomic mass is 35.5.